The van der Waals surface area contributed by atoms with Crippen molar-refractivity contribution in [3.63, 3.8) is 0 Å². The molecule has 0 unspecified atom stereocenters. The molecule has 1 fully saturated rings. The van der Waals surface area contributed by atoms with E-state index in [-0.39, 0.29) is 5.65 Å². The Morgan fingerprint density at radius 2 is 2.00 bits per heavy atom. The second-order valence-electron chi connectivity index (χ2n) is 4.72. The van der Waals surface area contributed by atoms with Gasteiger partial charge in [-0.3, -0.25) is 0 Å². The molecule has 0 aliphatic carbocycles. The standard InChI is InChI=1S/C12H14N6O3/c13-11(19)17-6-4-16(5-7-17)10-8-2-1-3-14-9(8)18(21)12(20)15-10/h1-3,21H,4-7H2,(H2,13,19). The van der Waals surface area contributed by atoms with Gasteiger partial charge in [0.2, 0.25) is 0 Å². The highest BCUT2D eigenvalue weighted by atomic mass is 16.5. The van der Waals surface area contributed by atoms with Crippen LogP contribution in [0.4, 0.5) is 10.6 Å². The lowest BCUT2D eigenvalue weighted by molar-refractivity contribution is 0.182. The van der Waals surface area contributed by atoms with Gasteiger partial charge in [-0.2, -0.15) is 4.98 Å². The third kappa shape index (κ3) is 2.22. The van der Waals surface area contributed by atoms with Crippen molar-refractivity contribution < 1.29 is 10.0 Å². The molecule has 0 radical (unpaired) electrons. The van der Waals surface area contributed by atoms with E-state index in [0.717, 1.165) is 0 Å². The molecule has 21 heavy (non-hydrogen) atoms. The van der Waals surface area contributed by atoms with Crippen LogP contribution in [-0.4, -0.2) is 57.0 Å². The lowest BCUT2D eigenvalue weighted by atomic mass is 10.2. The highest BCUT2D eigenvalue weighted by Gasteiger charge is 2.23. The summed E-state index contributed by atoms with van der Waals surface area (Å²) in [4.78, 5) is 34.2. The number of fused-ring (bicyclic) bond motifs is 1. The van der Waals surface area contributed by atoms with Crippen LogP contribution >= 0.6 is 0 Å². The van der Waals surface area contributed by atoms with Crippen LogP contribution in [0.1, 0.15) is 0 Å². The molecular formula is C12H14N6O3. The molecule has 1 aliphatic heterocycles. The highest BCUT2D eigenvalue weighted by molar-refractivity contribution is 5.87. The number of amides is 2. The van der Waals surface area contributed by atoms with Crippen LogP contribution in [0.25, 0.3) is 11.0 Å². The Hall–Kier alpha value is -2.84. The van der Waals surface area contributed by atoms with Crippen molar-refractivity contribution in [2.75, 3.05) is 31.1 Å². The average Bonchev–Trinajstić information content (AvgIpc) is 2.51. The van der Waals surface area contributed by atoms with Crippen molar-refractivity contribution in [1.29, 1.82) is 0 Å². The first-order valence-electron chi connectivity index (χ1n) is 6.44. The van der Waals surface area contributed by atoms with Crippen LogP contribution in [-0.2, 0) is 0 Å². The summed E-state index contributed by atoms with van der Waals surface area (Å²) in [6, 6.07) is 2.98. The number of piperazine rings is 1. The summed E-state index contributed by atoms with van der Waals surface area (Å²) < 4.78 is 0.429. The largest absolute Gasteiger partial charge is 0.422 e. The molecule has 3 rings (SSSR count). The topological polar surface area (TPSA) is 118 Å². The molecule has 3 N–H and O–H groups in total. The van der Waals surface area contributed by atoms with Crippen molar-refractivity contribution >= 4 is 22.9 Å². The molecular weight excluding hydrogens is 276 g/mol. The summed E-state index contributed by atoms with van der Waals surface area (Å²) >= 11 is 0. The van der Waals surface area contributed by atoms with Gasteiger partial charge in [0.1, 0.15) is 5.82 Å². The molecule has 0 spiro atoms. The maximum Gasteiger partial charge on any atom is 0.384 e. The van der Waals surface area contributed by atoms with E-state index in [1.807, 2.05) is 4.90 Å². The summed E-state index contributed by atoms with van der Waals surface area (Å²) in [5, 5.41) is 10.3. The SMILES string of the molecule is NC(=O)N1CCN(c2nc(=O)n(O)c3ncccc23)CC1. The lowest BCUT2D eigenvalue weighted by Crippen LogP contribution is -2.51. The zero-order valence-electron chi connectivity index (χ0n) is 11.1. The Kier molecular flexibility index (Phi) is 3.09. The Morgan fingerprint density at radius 3 is 2.67 bits per heavy atom. The Bertz CT molecular complexity index is 750. The second-order valence-corrected chi connectivity index (χ2v) is 4.72. The van der Waals surface area contributed by atoms with Gasteiger partial charge in [0.05, 0.1) is 5.39 Å². The number of pyridine rings is 1. The molecule has 2 amide bonds. The van der Waals surface area contributed by atoms with Gasteiger partial charge in [-0.1, -0.05) is 0 Å². The quantitative estimate of drug-likeness (QED) is 0.666. The van der Waals surface area contributed by atoms with E-state index in [0.29, 0.717) is 42.1 Å². The number of urea groups is 1. The van der Waals surface area contributed by atoms with Crippen molar-refractivity contribution in [3.8, 4) is 0 Å². The molecule has 1 aliphatic rings. The van der Waals surface area contributed by atoms with Gasteiger partial charge in [-0.15, -0.1) is 4.73 Å². The van der Waals surface area contributed by atoms with Gasteiger partial charge >= 0.3 is 11.7 Å². The fourth-order valence-corrected chi connectivity index (χ4v) is 2.41. The van der Waals surface area contributed by atoms with Crippen LogP contribution in [0.2, 0.25) is 0 Å². The normalized spacial score (nSPS) is 15.4. The first-order valence-corrected chi connectivity index (χ1v) is 6.44. The lowest BCUT2D eigenvalue weighted by Gasteiger charge is -2.34. The Balaban J connectivity index is 2.00. The molecule has 1 saturated heterocycles. The van der Waals surface area contributed by atoms with E-state index in [9.17, 15) is 14.8 Å². The van der Waals surface area contributed by atoms with Crippen LogP contribution < -0.4 is 16.3 Å². The zero-order valence-corrected chi connectivity index (χ0v) is 11.1. The molecule has 110 valence electrons. The number of carbonyl (C=O) groups is 1. The third-order valence-corrected chi connectivity index (χ3v) is 3.50. The number of hydrogen-bond donors (Lipinski definition) is 2. The molecule has 3 heterocycles. The Morgan fingerprint density at radius 1 is 1.29 bits per heavy atom. The van der Waals surface area contributed by atoms with Crippen molar-refractivity contribution in [2.24, 2.45) is 5.73 Å². The van der Waals surface area contributed by atoms with E-state index < -0.39 is 11.7 Å². The molecule has 2 aromatic rings. The maximum atomic E-state index is 11.7. The van der Waals surface area contributed by atoms with E-state index in [1.165, 1.54) is 11.1 Å². The van der Waals surface area contributed by atoms with Gasteiger partial charge in [0.25, 0.3) is 0 Å². The second kappa shape index (κ2) is 4.93. The summed E-state index contributed by atoms with van der Waals surface area (Å²) in [6.07, 6.45) is 1.49. The molecule has 0 bridgehead atoms. The predicted octanol–water partition coefficient (Wildman–Crippen LogP) is -0.770. The van der Waals surface area contributed by atoms with Crippen LogP contribution in [0.3, 0.4) is 0 Å². The number of rotatable bonds is 1. The summed E-state index contributed by atoms with van der Waals surface area (Å²) in [7, 11) is 0. The third-order valence-electron chi connectivity index (χ3n) is 3.50. The minimum absolute atomic E-state index is 0.157. The first kappa shape index (κ1) is 13.2. The van der Waals surface area contributed by atoms with Gasteiger partial charge < -0.3 is 20.7 Å². The number of nitrogens with zero attached hydrogens (tertiary/aromatic N) is 5. The fraction of sp³-hybridized carbons (Fsp3) is 0.333. The maximum absolute atomic E-state index is 11.7. The number of aromatic nitrogens is 3. The minimum atomic E-state index is -0.784. The van der Waals surface area contributed by atoms with E-state index in [2.05, 4.69) is 9.97 Å². The summed E-state index contributed by atoms with van der Waals surface area (Å²) in [6.45, 7) is 1.94. The number of nitrogens with two attached hydrogens (primary N) is 1. The minimum Gasteiger partial charge on any atom is -0.422 e. The zero-order chi connectivity index (χ0) is 15.0. The number of primary amides is 1. The summed E-state index contributed by atoms with van der Waals surface area (Å²) in [5.74, 6) is 0.456. The average molecular weight is 290 g/mol. The first-order chi connectivity index (χ1) is 10.1. The molecule has 9 heteroatoms. The predicted molar refractivity (Wildman–Crippen MR) is 74.4 cm³/mol. The van der Waals surface area contributed by atoms with Crippen molar-refractivity contribution in [1.82, 2.24) is 19.6 Å². The van der Waals surface area contributed by atoms with E-state index >= 15 is 0 Å². The molecule has 2 aromatic heterocycles. The van der Waals surface area contributed by atoms with Crippen LogP contribution in [0.5, 0.6) is 0 Å². The van der Waals surface area contributed by atoms with E-state index in [1.54, 1.807) is 12.1 Å². The van der Waals surface area contributed by atoms with Crippen LogP contribution in [0.15, 0.2) is 23.1 Å². The smallest absolute Gasteiger partial charge is 0.384 e. The molecule has 9 nitrogen and oxygen atoms in total. The fourth-order valence-electron chi connectivity index (χ4n) is 2.41. The van der Waals surface area contributed by atoms with Gasteiger partial charge in [0.15, 0.2) is 5.65 Å². The van der Waals surface area contributed by atoms with Gasteiger partial charge in [0, 0.05) is 32.4 Å². The van der Waals surface area contributed by atoms with Crippen LogP contribution in [0, 0.1) is 0 Å². The number of carbonyl (C=O) groups excluding carboxylic acids is 1. The Labute approximate surface area is 119 Å². The van der Waals surface area contributed by atoms with Gasteiger partial charge in [-0.25, -0.2) is 14.6 Å². The summed E-state index contributed by atoms with van der Waals surface area (Å²) in [5.41, 5.74) is 4.62. The molecule has 0 atom stereocenters. The van der Waals surface area contributed by atoms with E-state index in [4.69, 9.17) is 5.73 Å². The van der Waals surface area contributed by atoms with Crippen molar-refractivity contribution in [3.05, 3.63) is 28.8 Å². The number of anilines is 1. The molecule has 0 aromatic carbocycles. The highest BCUT2D eigenvalue weighted by Crippen LogP contribution is 2.22. The van der Waals surface area contributed by atoms with Crippen molar-refractivity contribution in [2.45, 2.75) is 0 Å². The van der Waals surface area contributed by atoms with Gasteiger partial charge in [-0.05, 0) is 12.1 Å². The molecule has 0 saturated carbocycles. The number of hydrogen-bond acceptors (Lipinski definition) is 6. The monoisotopic (exact) mass is 290 g/mol.